The summed E-state index contributed by atoms with van der Waals surface area (Å²) < 4.78 is 5.33. The second-order valence-electron chi connectivity index (χ2n) is 3.93. The molecule has 1 heterocycles. The molecule has 0 bridgehead atoms. The van der Waals surface area contributed by atoms with Gasteiger partial charge in [0.15, 0.2) is 0 Å². The quantitative estimate of drug-likeness (QED) is 0.755. The van der Waals surface area contributed by atoms with Gasteiger partial charge in [-0.15, -0.1) is 10.2 Å². The smallest absolute Gasteiger partial charge is 0.244 e. The Bertz CT molecular complexity index is 290. The highest BCUT2D eigenvalue weighted by molar-refractivity contribution is 4.99. The SMILES string of the molecule is CC1CC(c2nnc([C@@H](C)O)o2)C1. The Morgan fingerprint density at radius 3 is 2.62 bits per heavy atom. The van der Waals surface area contributed by atoms with E-state index in [-0.39, 0.29) is 0 Å². The lowest BCUT2D eigenvalue weighted by molar-refractivity contribution is 0.154. The molecule has 1 atom stereocenters. The summed E-state index contributed by atoms with van der Waals surface area (Å²) in [6.45, 7) is 3.84. The summed E-state index contributed by atoms with van der Waals surface area (Å²) in [5, 5.41) is 16.9. The maximum absolute atomic E-state index is 9.17. The van der Waals surface area contributed by atoms with Crippen LogP contribution in [0.1, 0.15) is 50.5 Å². The topological polar surface area (TPSA) is 59.2 Å². The van der Waals surface area contributed by atoms with Gasteiger partial charge >= 0.3 is 0 Å². The number of aliphatic hydroxyl groups is 1. The van der Waals surface area contributed by atoms with Gasteiger partial charge in [0.2, 0.25) is 11.8 Å². The van der Waals surface area contributed by atoms with Crippen LogP contribution in [0.2, 0.25) is 0 Å². The van der Waals surface area contributed by atoms with Crippen LogP contribution in [0.3, 0.4) is 0 Å². The molecule has 13 heavy (non-hydrogen) atoms. The third kappa shape index (κ3) is 1.58. The van der Waals surface area contributed by atoms with E-state index in [1.54, 1.807) is 6.92 Å². The predicted octanol–water partition coefficient (Wildman–Crippen LogP) is 1.64. The minimum absolute atomic E-state index is 0.328. The number of nitrogens with zero attached hydrogens (tertiary/aromatic N) is 2. The first-order valence-electron chi connectivity index (χ1n) is 4.68. The number of rotatable bonds is 2. The fourth-order valence-electron chi connectivity index (χ4n) is 1.68. The molecule has 4 nitrogen and oxygen atoms in total. The van der Waals surface area contributed by atoms with E-state index < -0.39 is 6.10 Å². The van der Waals surface area contributed by atoms with Gasteiger partial charge in [0, 0.05) is 5.92 Å². The van der Waals surface area contributed by atoms with E-state index in [1.807, 2.05) is 0 Å². The van der Waals surface area contributed by atoms with Crippen molar-refractivity contribution in [2.24, 2.45) is 5.92 Å². The van der Waals surface area contributed by atoms with Gasteiger partial charge < -0.3 is 9.52 Å². The van der Waals surface area contributed by atoms with Crippen molar-refractivity contribution in [3.8, 4) is 0 Å². The van der Waals surface area contributed by atoms with E-state index in [2.05, 4.69) is 17.1 Å². The molecule has 0 aromatic carbocycles. The predicted molar refractivity (Wildman–Crippen MR) is 46.1 cm³/mol. The van der Waals surface area contributed by atoms with Gasteiger partial charge in [-0.1, -0.05) is 6.92 Å². The molecule has 2 rings (SSSR count). The van der Waals surface area contributed by atoms with Crippen molar-refractivity contribution in [2.45, 2.75) is 38.7 Å². The molecule has 1 N–H and O–H groups in total. The molecule has 72 valence electrons. The van der Waals surface area contributed by atoms with Crippen molar-refractivity contribution >= 4 is 0 Å². The summed E-state index contributed by atoms with van der Waals surface area (Å²) in [5.41, 5.74) is 0. The zero-order valence-corrected chi connectivity index (χ0v) is 7.90. The normalized spacial score (nSPS) is 29.8. The third-order valence-electron chi connectivity index (χ3n) is 2.54. The second-order valence-corrected chi connectivity index (χ2v) is 3.93. The maximum atomic E-state index is 9.17. The van der Waals surface area contributed by atoms with E-state index in [4.69, 9.17) is 9.52 Å². The molecule has 0 spiro atoms. The average Bonchev–Trinajstić information content (AvgIpc) is 2.46. The maximum Gasteiger partial charge on any atom is 0.244 e. The van der Waals surface area contributed by atoms with E-state index in [0.29, 0.717) is 17.7 Å². The molecule has 0 unspecified atom stereocenters. The molecule has 0 saturated heterocycles. The minimum atomic E-state index is -0.654. The Hall–Kier alpha value is -0.900. The molecule has 1 saturated carbocycles. The van der Waals surface area contributed by atoms with Crippen molar-refractivity contribution in [1.82, 2.24) is 10.2 Å². The Morgan fingerprint density at radius 1 is 1.46 bits per heavy atom. The lowest BCUT2D eigenvalue weighted by Gasteiger charge is -2.29. The number of aromatic nitrogens is 2. The lowest BCUT2D eigenvalue weighted by Crippen LogP contribution is -2.19. The first-order chi connectivity index (χ1) is 6.16. The molecular weight excluding hydrogens is 168 g/mol. The van der Waals surface area contributed by atoms with Crippen LogP contribution in [0.5, 0.6) is 0 Å². The number of hydrogen-bond acceptors (Lipinski definition) is 4. The molecule has 0 aliphatic heterocycles. The Morgan fingerprint density at radius 2 is 2.15 bits per heavy atom. The van der Waals surface area contributed by atoms with E-state index in [9.17, 15) is 0 Å². The molecular formula is C9H14N2O2. The van der Waals surface area contributed by atoms with Crippen LogP contribution in [0.25, 0.3) is 0 Å². The van der Waals surface area contributed by atoms with E-state index in [0.717, 1.165) is 18.8 Å². The van der Waals surface area contributed by atoms with Crippen molar-refractivity contribution in [3.63, 3.8) is 0 Å². The second kappa shape index (κ2) is 3.10. The van der Waals surface area contributed by atoms with Crippen molar-refractivity contribution in [3.05, 3.63) is 11.8 Å². The molecule has 1 aliphatic carbocycles. The van der Waals surface area contributed by atoms with Crippen molar-refractivity contribution in [2.75, 3.05) is 0 Å². The van der Waals surface area contributed by atoms with Gasteiger partial charge in [0.1, 0.15) is 6.10 Å². The van der Waals surface area contributed by atoms with Crippen LogP contribution in [0, 0.1) is 5.92 Å². The Balaban J connectivity index is 2.06. The average molecular weight is 182 g/mol. The Labute approximate surface area is 77.0 Å². The summed E-state index contributed by atoms with van der Waals surface area (Å²) >= 11 is 0. The lowest BCUT2D eigenvalue weighted by atomic mass is 9.76. The molecule has 4 heteroatoms. The fraction of sp³-hybridized carbons (Fsp3) is 0.778. The van der Waals surface area contributed by atoms with Gasteiger partial charge in [-0.2, -0.15) is 0 Å². The van der Waals surface area contributed by atoms with Crippen LogP contribution < -0.4 is 0 Å². The zero-order valence-electron chi connectivity index (χ0n) is 7.90. The van der Waals surface area contributed by atoms with Gasteiger partial charge in [-0.3, -0.25) is 0 Å². The molecule has 1 fully saturated rings. The Kier molecular flexibility index (Phi) is 2.07. The zero-order chi connectivity index (χ0) is 9.42. The van der Waals surface area contributed by atoms with Crippen LogP contribution in [-0.4, -0.2) is 15.3 Å². The highest BCUT2D eigenvalue weighted by Gasteiger charge is 2.31. The summed E-state index contributed by atoms with van der Waals surface area (Å²) in [7, 11) is 0. The van der Waals surface area contributed by atoms with E-state index in [1.165, 1.54) is 0 Å². The largest absolute Gasteiger partial charge is 0.422 e. The van der Waals surface area contributed by atoms with Crippen LogP contribution in [0.15, 0.2) is 4.42 Å². The molecule has 1 aromatic heterocycles. The van der Waals surface area contributed by atoms with Crippen LogP contribution in [0.4, 0.5) is 0 Å². The highest BCUT2D eigenvalue weighted by atomic mass is 16.4. The fourth-order valence-corrected chi connectivity index (χ4v) is 1.68. The first kappa shape index (κ1) is 8.69. The summed E-state index contributed by atoms with van der Waals surface area (Å²) in [5.74, 6) is 2.21. The minimum Gasteiger partial charge on any atom is -0.422 e. The van der Waals surface area contributed by atoms with E-state index >= 15 is 0 Å². The molecule has 1 aliphatic rings. The summed E-state index contributed by atoms with van der Waals surface area (Å²) in [6, 6.07) is 0. The highest BCUT2D eigenvalue weighted by Crippen LogP contribution is 2.40. The third-order valence-corrected chi connectivity index (χ3v) is 2.54. The van der Waals surface area contributed by atoms with Gasteiger partial charge in [-0.05, 0) is 25.7 Å². The number of aliphatic hydroxyl groups excluding tert-OH is 1. The monoisotopic (exact) mass is 182 g/mol. The van der Waals surface area contributed by atoms with Crippen molar-refractivity contribution < 1.29 is 9.52 Å². The van der Waals surface area contributed by atoms with Gasteiger partial charge in [0.05, 0.1) is 0 Å². The molecule has 1 aromatic rings. The standard InChI is InChI=1S/C9H14N2O2/c1-5-3-7(4-5)9-11-10-8(13-9)6(2)12/h5-7,12H,3-4H2,1-2H3/t5?,6-,7?/m1/s1. The summed E-state index contributed by atoms with van der Waals surface area (Å²) in [6.07, 6.45) is 1.60. The first-order valence-corrected chi connectivity index (χ1v) is 4.68. The van der Waals surface area contributed by atoms with Crippen molar-refractivity contribution in [1.29, 1.82) is 0 Å². The molecule has 0 amide bonds. The molecule has 0 radical (unpaired) electrons. The van der Waals surface area contributed by atoms with Gasteiger partial charge in [-0.25, -0.2) is 0 Å². The summed E-state index contributed by atoms with van der Waals surface area (Å²) in [4.78, 5) is 0. The van der Waals surface area contributed by atoms with Crippen LogP contribution in [-0.2, 0) is 0 Å². The van der Waals surface area contributed by atoms with Crippen LogP contribution >= 0.6 is 0 Å². The number of hydrogen-bond donors (Lipinski definition) is 1. The van der Waals surface area contributed by atoms with Gasteiger partial charge in [0.25, 0.3) is 0 Å².